The molecule has 1 saturated heterocycles. The van der Waals surface area contributed by atoms with Crippen LogP contribution in [0, 0.1) is 5.92 Å². The smallest absolute Gasteiger partial charge is 0.410 e. The lowest BCUT2D eigenvalue weighted by Gasteiger charge is -2.35. The van der Waals surface area contributed by atoms with Crippen molar-refractivity contribution in [3.8, 4) is 0 Å². The quantitative estimate of drug-likeness (QED) is 0.162. The molecule has 0 aliphatic carbocycles. The number of carbonyl (C=O) groups is 2. The number of nitrogens with two attached hydrogens (primary N) is 1. The molecule has 12 heteroatoms. The van der Waals surface area contributed by atoms with Gasteiger partial charge in [-0.05, 0) is 62.6 Å². The van der Waals surface area contributed by atoms with Crippen LogP contribution in [0.3, 0.4) is 0 Å². The number of rotatable bonds is 8. The fourth-order valence-electron chi connectivity index (χ4n) is 4.24. The van der Waals surface area contributed by atoms with Gasteiger partial charge in [0.25, 0.3) is 0 Å². The van der Waals surface area contributed by atoms with Gasteiger partial charge in [0.15, 0.2) is 0 Å². The van der Waals surface area contributed by atoms with E-state index in [1.807, 2.05) is 46.8 Å². The highest BCUT2D eigenvalue weighted by molar-refractivity contribution is 5.94. The highest BCUT2D eigenvalue weighted by Crippen LogP contribution is 2.21. The summed E-state index contributed by atoms with van der Waals surface area (Å²) in [6.07, 6.45) is 2.02. The van der Waals surface area contributed by atoms with E-state index in [-0.39, 0.29) is 11.9 Å². The molecule has 12 nitrogen and oxygen atoms in total. The highest BCUT2D eigenvalue weighted by Gasteiger charge is 2.26. The number of aromatic amines is 1. The van der Waals surface area contributed by atoms with Crippen LogP contribution in [-0.4, -0.2) is 74.4 Å². The van der Waals surface area contributed by atoms with E-state index in [0.717, 1.165) is 25.2 Å². The van der Waals surface area contributed by atoms with Crippen molar-refractivity contribution >= 4 is 40.7 Å². The third-order valence-electron chi connectivity index (χ3n) is 6.08. The molecule has 0 atom stereocenters. The van der Waals surface area contributed by atoms with E-state index in [1.54, 1.807) is 29.3 Å². The van der Waals surface area contributed by atoms with Crippen LogP contribution in [0.15, 0.2) is 41.7 Å². The maximum atomic E-state index is 12.4. The van der Waals surface area contributed by atoms with Crippen LogP contribution in [-0.2, 0) is 16.1 Å². The van der Waals surface area contributed by atoms with Gasteiger partial charge in [0.2, 0.25) is 5.95 Å². The van der Waals surface area contributed by atoms with E-state index < -0.39 is 11.6 Å². The standard InChI is InChI=1S/C28H38N8O4/c1-18(2)14-23(29)34-40-25(37)20-6-7-21-22(16-20)32-26(31-21)33-24-15-19(8-9-30-24)17-35-10-12-36(13-11-35)27(38)39-28(3,4)5/h6-9,15-16,18H,10-14,17H2,1-5H3,(H2,29,34)(H2,30,31,32,33). The molecule has 214 valence electrons. The third kappa shape index (κ3) is 8.15. The molecule has 2 aromatic heterocycles. The Labute approximate surface area is 233 Å². The number of amides is 1. The average molecular weight is 551 g/mol. The molecule has 1 aliphatic rings. The second kappa shape index (κ2) is 12.3. The first-order chi connectivity index (χ1) is 18.9. The number of oxime groups is 1. The maximum absolute atomic E-state index is 12.4. The zero-order valence-electron chi connectivity index (χ0n) is 23.7. The number of benzene rings is 1. The van der Waals surface area contributed by atoms with Gasteiger partial charge in [0.05, 0.1) is 16.6 Å². The number of nitrogens with one attached hydrogen (secondary N) is 2. The van der Waals surface area contributed by atoms with Gasteiger partial charge < -0.3 is 30.5 Å². The number of amidine groups is 1. The molecule has 0 unspecified atom stereocenters. The second-order valence-corrected chi connectivity index (χ2v) is 11.3. The summed E-state index contributed by atoms with van der Waals surface area (Å²) in [5.41, 5.74) is 8.04. The summed E-state index contributed by atoms with van der Waals surface area (Å²) in [7, 11) is 0. The van der Waals surface area contributed by atoms with Gasteiger partial charge in [-0.3, -0.25) is 4.90 Å². The van der Waals surface area contributed by atoms with Crippen LogP contribution in [0.5, 0.6) is 0 Å². The lowest BCUT2D eigenvalue weighted by atomic mass is 10.1. The summed E-state index contributed by atoms with van der Waals surface area (Å²) < 4.78 is 5.48. The van der Waals surface area contributed by atoms with Crippen LogP contribution in [0.4, 0.5) is 16.6 Å². The number of hydrogen-bond donors (Lipinski definition) is 3. The first kappa shape index (κ1) is 28.8. The Kier molecular flexibility index (Phi) is 8.88. The summed E-state index contributed by atoms with van der Waals surface area (Å²) in [4.78, 5) is 45.9. The lowest BCUT2D eigenvalue weighted by molar-refractivity contribution is 0.0139. The zero-order valence-corrected chi connectivity index (χ0v) is 23.7. The van der Waals surface area contributed by atoms with Gasteiger partial charge in [-0.2, -0.15) is 0 Å². The Hall–Kier alpha value is -4.19. The highest BCUT2D eigenvalue weighted by atomic mass is 16.7. The van der Waals surface area contributed by atoms with Crippen LogP contribution in [0.2, 0.25) is 0 Å². The molecule has 3 heterocycles. The third-order valence-corrected chi connectivity index (χ3v) is 6.08. The van der Waals surface area contributed by atoms with Gasteiger partial charge in [-0.15, -0.1) is 0 Å². The Morgan fingerprint density at radius 1 is 1.15 bits per heavy atom. The number of pyridine rings is 1. The van der Waals surface area contributed by atoms with E-state index in [9.17, 15) is 9.59 Å². The number of imidazole rings is 1. The molecule has 40 heavy (non-hydrogen) atoms. The van der Waals surface area contributed by atoms with Crippen molar-refractivity contribution in [1.82, 2.24) is 24.8 Å². The van der Waals surface area contributed by atoms with E-state index >= 15 is 0 Å². The number of piperazine rings is 1. The SMILES string of the molecule is CC(C)C/C(N)=N/OC(=O)c1ccc2nc(Nc3cc(CN4CCN(C(=O)OC(C)(C)C)CC4)ccn3)[nH]c2c1. The van der Waals surface area contributed by atoms with Crippen molar-refractivity contribution in [2.45, 2.75) is 53.2 Å². The van der Waals surface area contributed by atoms with E-state index in [0.29, 0.717) is 53.8 Å². The number of hydrogen-bond acceptors (Lipinski definition) is 9. The fraction of sp³-hybridized carbons (Fsp3) is 0.464. The molecule has 3 aromatic rings. The van der Waals surface area contributed by atoms with Crippen molar-refractivity contribution in [2.75, 3.05) is 31.5 Å². The van der Waals surface area contributed by atoms with Gasteiger partial charge in [0.1, 0.15) is 17.3 Å². The van der Waals surface area contributed by atoms with E-state index in [2.05, 4.69) is 30.3 Å². The number of H-pyrrole nitrogens is 1. The van der Waals surface area contributed by atoms with Gasteiger partial charge >= 0.3 is 12.1 Å². The summed E-state index contributed by atoms with van der Waals surface area (Å²) in [5, 5.41) is 6.93. The fourth-order valence-corrected chi connectivity index (χ4v) is 4.24. The first-order valence-corrected chi connectivity index (χ1v) is 13.4. The molecular formula is C28H38N8O4. The van der Waals surface area contributed by atoms with Gasteiger partial charge in [-0.25, -0.2) is 19.6 Å². The molecule has 4 N–H and O–H groups in total. The largest absolute Gasteiger partial charge is 0.444 e. The van der Waals surface area contributed by atoms with Gasteiger partial charge in [-0.1, -0.05) is 19.0 Å². The monoisotopic (exact) mass is 550 g/mol. The lowest BCUT2D eigenvalue weighted by Crippen LogP contribution is -2.49. The predicted octanol–water partition coefficient (Wildman–Crippen LogP) is 4.23. The summed E-state index contributed by atoms with van der Waals surface area (Å²) in [5.74, 6) is 1.12. The van der Waals surface area contributed by atoms with Gasteiger partial charge in [0, 0.05) is 45.3 Å². The molecule has 1 amide bonds. The van der Waals surface area contributed by atoms with Crippen molar-refractivity contribution < 1.29 is 19.2 Å². The zero-order chi connectivity index (χ0) is 28.9. The minimum absolute atomic E-state index is 0.266. The summed E-state index contributed by atoms with van der Waals surface area (Å²) in [6.45, 7) is 13.1. The summed E-state index contributed by atoms with van der Waals surface area (Å²) in [6, 6.07) is 8.96. The number of nitrogens with zero attached hydrogens (tertiary/aromatic N) is 5. The topological polar surface area (TPSA) is 151 Å². The molecule has 1 aliphatic heterocycles. The van der Waals surface area contributed by atoms with Crippen molar-refractivity contribution in [2.24, 2.45) is 16.8 Å². The summed E-state index contributed by atoms with van der Waals surface area (Å²) >= 11 is 0. The number of fused-ring (bicyclic) bond motifs is 1. The number of aromatic nitrogens is 3. The molecule has 0 radical (unpaired) electrons. The van der Waals surface area contributed by atoms with Crippen LogP contribution in [0.25, 0.3) is 11.0 Å². The number of ether oxygens (including phenoxy) is 1. The van der Waals surface area contributed by atoms with E-state index in [1.165, 1.54) is 0 Å². The normalized spacial score (nSPS) is 14.9. The second-order valence-electron chi connectivity index (χ2n) is 11.3. The van der Waals surface area contributed by atoms with Crippen molar-refractivity contribution in [3.05, 3.63) is 47.7 Å². The minimum atomic E-state index is -0.598. The minimum Gasteiger partial charge on any atom is -0.444 e. The molecule has 4 rings (SSSR count). The Bertz CT molecular complexity index is 1370. The average Bonchev–Trinajstić information content (AvgIpc) is 3.28. The predicted molar refractivity (Wildman–Crippen MR) is 153 cm³/mol. The first-order valence-electron chi connectivity index (χ1n) is 13.4. The molecule has 0 bridgehead atoms. The van der Waals surface area contributed by atoms with Crippen LogP contribution < -0.4 is 11.1 Å². The molecule has 0 spiro atoms. The van der Waals surface area contributed by atoms with Crippen LogP contribution in [0.1, 0.15) is 57.0 Å². The molecular weight excluding hydrogens is 512 g/mol. The maximum Gasteiger partial charge on any atom is 0.410 e. The van der Waals surface area contributed by atoms with E-state index in [4.69, 9.17) is 15.3 Å². The van der Waals surface area contributed by atoms with Crippen molar-refractivity contribution in [3.63, 3.8) is 0 Å². The molecule has 1 aromatic carbocycles. The Morgan fingerprint density at radius 3 is 2.60 bits per heavy atom. The van der Waals surface area contributed by atoms with Crippen molar-refractivity contribution in [1.29, 1.82) is 0 Å². The number of anilines is 2. The number of carbonyl (C=O) groups excluding carboxylic acids is 2. The molecule has 1 fully saturated rings. The Morgan fingerprint density at radius 2 is 1.90 bits per heavy atom. The Balaban J connectivity index is 1.34. The van der Waals surface area contributed by atoms with Crippen LogP contribution >= 0.6 is 0 Å². The molecule has 0 saturated carbocycles.